The van der Waals surface area contributed by atoms with Crippen LogP contribution in [-0.2, 0) is 0 Å². The van der Waals surface area contributed by atoms with Gasteiger partial charge in [0.1, 0.15) is 5.58 Å². The minimum Gasteiger partial charge on any atom is -0.448 e. The van der Waals surface area contributed by atoms with E-state index in [0.717, 1.165) is 26.8 Å². The van der Waals surface area contributed by atoms with Crippen LogP contribution in [0.25, 0.3) is 43.0 Å². The quantitative estimate of drug-likeness (QED) is 0.400. The molecule has 0 atom stereocenters. The van der Waals surface area contributed by atoms with Gasteiger partial charge in [-0.1, -0.05) is 41.7 Å². The van der Waals surface area contributed by atoms with Crippen LogP contribution in [0.4, 0.5) is 0 Å². The molecule has 2 aromatic carbocycles. The summed E-state index contributed by atoms with van der Waals surface area (Å²) in [6.45, 7) is 0. The van der Waals surface area contributed by atoms with Crippen molar-refractivity contribution in [3.05, 3.63) is 68.5 Å². The molecule has 0 aliphatic rings. The number of benzene rings is 2. The number of fused-ring (bicyclic) bond motifs is 7. The minimum absolute atomic E-state index is 0.0956. The molecular formula is C18H8O4S. The first-order valence-electron chi connectivity index (χ1n) is 7.04. The fraction of sp³-hybridized carbons (Fsp3) is 0. The Labute approximate surface area is 132 Å². The molecule has 110 valence electrons. The minimum atomic E-state index is -0.565. The Morgan fingerprint density at radius 2 is 1.48 bits per heavy atom. The molecule has 0 fully saturated rings. The fourth-order valence-corrected chi connectivity index (χ4v) is 3.93. The van der Waals surface area contributed by atoms with Gasteiger partial charge in [0.05, 0.1) is 10.8 Å². The van der Waals surface area contributed by atoms with Gasteiger partial charge in [-0.05, 0) is 18.2 Å². The summed E-state index contributed by atoms with van der Waals surface area (Å²) < 4.78 is 11.7. The summed E-state index contributed by atoms with van der Waals surface area (Å²) in [6.07, 6.45) is 0. The fourth-order valence-electron chi connectivity index (χ4n) is 3.02. The summed E-state index contributed by atoms with van der Waals surface area (Å²) in [7, 11) is 0. The second kappa shape index (κ2) is 4.30. The monoisotopic (exact) mass is 320 g/mol. The second-order valence-corrected chi connectivity index (χ2v) is 6.30. The van der Waals surface area contributed by atoms with Gasteiger partial charge in [0.15, 0.2) is 5.58 Å². The van der Waals surface area contributed by atoms with E-state index in [4.69, 9.17) is 8.83 Å². The first-order valence-corrected chi connectivity index (χ1v) is 7.85. The van der Waals surface area contributed by atoms with Crippen LogP contribution in [-0.4, -0.2) is 0 Å². The Hall–Kier alpha value is -2.92. The Kier molecular flexibility index (Phi) is 2.36. The molecule has 0 spiro atoms. The highest BCUT2D eigenvalue weighted by molar-refractivity contribution is 7.17. The maximum Gasteiger partial charge on any atom is 0.380 e. The van der Waals surface area contributed by atoms with Gasteiger partial charge in [-0.15, -0.1) is 0 Å². The molecule has 23 heavy (non-hydrogen) atoms. The molecule has 5 heteroatoms. The predicted octanol–water partition coefficient (Wildman–Crippen LogP) is 4.27. The molecule has 0 saturated heterocycles. The van der Waals surface area contributed by atoms with Crippen molar-refractivity contribution in [2.24, 2.45) is 0 Å². The summed E-state index contributed by atoms with van der Waals surface area (Å²) in [5.41, 5.74) is 0.427. The Balaban J connectivity index is 2.23. The van der Waals surface area contributed by atoms with E-state index in [-0.39, 0.29) is 10.3 Å². The van der Waals surface area contributed by atoms with E-state index in [2.05, 4.69) is 0 Å². The average Bonchev–Trinajstić information content (AvgIpc) is 2.95. The van der Waals surface area contributed by atoms with Crippen LogP contribution in [0, 0.1) is 0 Å². The van der Waals surface area contributed by atoms with Crippen molar-refractivity contribution in [2.75, 3.05) is 0 Å². The van der Waals surface area contributed by atoms with E-state index < -0.39 is 5.63 Å². The number of hydrogen-bond donors (Lipinski definition) is 0. The first-order chi connectivity index (χ1) is 11.2. The molecule has 0 unspecified atom stereocenters. The summed E-state index contributed by atoms with van der Waals surface area (Å²) in [6, 6.07) is 14.7. The van der Waals surface area contributed by atoms with E-state index in [1.165, 1.54) is 0 Å². The zero-order valence-electron chi connectivity index (χ0n) is 11.7. The molecule has 4 nitrogen and oxygen atoms in total. The van der Waals surface area contributed by atoms with Crippen LogP contribution >= 0.6 is 11.3 Å². The highest BCUT2D eigenvalue weighted by Gasteiger charge is 2.19. The number of hydrogen-bond acceptors (Lipinski definition) is 5. The van der Waals surface area contributed by atoms with Crippen molar-refractivity contribution in [1.82, 2.24) is 0 Å². The second-order valence-electron chi connectivity index (χ2n) is 5.28. The van der Waals surface area contributed by atoms with E-state index in [1.807, 2.05) is 42.5 Å². The van der Waals surface area contributed by atoms with Crippen molar-refractivity contribution in [3.8, 4) is 0 Å². The Morgan fingerprint density at radius 3 is 2.35 bits per heavy atom. The first kappa shape index (κ1) is 12.6. The van der Waals surface area contributed by atoms with Crippen LogP contribution < -0.4 is 10.4 Å². The van der Waals surface area contributed by atoms with Crippen LogP contribution in [0.5, 0.6) is 0 Å². The number of para-hydroxylation sites is 1. The third kappa shape index (κ3) is 1.59. The van der Waals surface area contributed by atoms with E-state index in [1.54, 1.807) is 6.07 Å². The molecule has 0 amide bonds. The van der Waals surface area contributed by atoms with Gasteiger partial charge in [-0.2, -0.15) is 0 Å². The molecule has 0 aliphatic carbocycles. The lowest BCUT2D eigenvalue weighted by Gasteiger charge is -2.01. The lowest BCUT2D eigenvalue weighted by molar-refractivity contribution is 0.546. The Bertz CT molecular complexity index is 1350. The predicted molar refractivity (Wildman–Crippen MR) is 91.4 cm³/mol. The molecular weight excluding hydrogens is 312 g/mol. The summed E-state index contributed by atoms with van der Waals surface area (Å²) >= 11 is 1.14. The van der Waals surface area contributed by atoms with E-state index in [9.17, 15) is 9.59 Å². The maximum atomic E-state index is 12.7. The van der Waals surface area contributed by atoms with Crippen molar-refractivity contribution in [1.29, 1.82) is 0 Å². The van der Waals surface area contributed by atoms with Gasteiger partial charge >= 0.3 is 5.63 Å². The van der Waals surface area contributed by atoms with Crippen LogP contribution in [0.2, 0.25) is 0 Å². The lowest BCUT2D eigenvalue weighted by Crippen LogP contribution is -2.03. The number of rotatable bonds is 0. The standard InChI is InChI=1S/C18H8O4S/c19-17-16-13(9-5-1-3-7-11(9)21-16)14-15(22-17)10-6-2-4-8-12(10)23-18(14)20/h1-8H. The molecule has 3 aromatic heterocycles. The largest absolute Gasteiger partial charge is 0.448 e. The molecule has 0 radical (unpaired) electrons. The zero-order chi connectivity index (χ0) is 15.6. The SMILES string of the molecule is O=c1oc2c3ccccc3sc(=O)c2c2c1oc1ccccc12. The van der Waals surface area contributed by atoms with Crippen molar-refractivity contribution in [2.45, 2.75) is 0 Å². The number of furan rings is 1. The van der Waals surface area contributed by atoms with Gasteiger partial charge in [-0.3, -0.25) is 4.79 Å². The smallest absolute Gasteiger partial charge is 0.380 e. The molecule has 0 bridgehead atoms. The van der Waals surface area contributed by atoms with E-state index >= 15 is 0 Å². The van der Waals surface area contributed by atoms with Gasteiger partial charge in [0.2, 0.25) is 10.3 Å². The topological polar surface area (TPSA) is 60.4 Å². The highest BCUT2D eigenvalue weighted by atomic mass is 32.1. The van der Waals surface area contributed by atoms with Crippen molar-refractivity contribution < 1.29 is 8.83 Å². The van der Waals surface area contributed by atoms with Crippen LogP contribution in [0.15, 0.2) is 67.0 Å². The third-order valence-electron chi connectivity index (χ3n) is 3.99. The van der Waals surface area contributed by atoms with E-state index in [0.29, 0.717) is 21.9 Å². The van der Waals surface area contributed by atoms with Gasteiger partial charge < -0.3 is 8.83 Å². The maximum absolute atomic E-state index is 12.7. The normalized spacial score (nSPS) is 11.8. The molecule has 5 aromatic rings. The van der Waals surface area contributed by atoms with Gasteiger partial charge in [0, 0.05) is 15.5 Å². The van der Waals surface area contributed by atoms with Crippen LogP contribution in [0.1, 0.15) is 0 Å². The highest BCUT2D eigenvalue weighted by Crippen LogP contribution is 2.34. The van der Waals surface area contributed by atoms with Crippen LogP contribution in [0.3, 0.4) is 0 Å². The summed E-state index contributed by atoms with van der Waals surface area (Å²) in [5.74, 6) is 0. The molecule has 3 heterocycles. The van der Waals surface area contributed by atoms with Crippen molar-refractivity contribution >= 4 is 54.3 Å². The average molecular weight is 320 g/mol. The zero-order valence-corrected chi connectivity index (χ0v) is 12.5. The lowest BCUT2D eigenvalue weighted by atomic mass is 10.1. The summed E-state index contributed by atoms with van der Waals surface area (Å²) in [4.78, 5) is 25.0. The molecule has 0 saturated carbocycles. The Morgan fingerprint density at radius 1 is 0.739 bits per heavy atom. The molecule has 0 N–H and O–H groups in total. The molecule has 5 rings (SSSR count). The third-order valence-corrected chi connectivity index (χ3v) is 4.96. The summed E-state index contributed by atoms with van der Waals surface area (Å²) in [5, 5.41) is 2.46. The van der Waals surface area contributed by atoms with Gasteiger partial charge in [-0.25, -0.2) is 4.79 Å². The van der Waals surface area contributed by atoms with Crippen molar-refractivity contribution in [3.63, 3.8) is 0 Å². The van der Waals surface area contributed by atoms with Gasteiger partial charge in [0.25, 0.3) is 0 Å². The molecule has 0 aliphatic heterocycles.